The molecule has 2 aromatic heterocycles. The Balaban J connectivity index is 1.49. The first-order valence-electron chi connectivity index (χ1n) is 8.27. The highest BCUT2D eigenvalue weighted by molar-refractivity contribution is 5.94. The number of fused-ring (bicyclic) bond motifs is 1. The van der Waals surface area contributed by atoms with Gasteiger partial charge in [0.05, 0.1) is 17.6 Å². The van der Waals surface area contributed by atoms with Crippen LogP contribution in [0.5, 0.6) is 0 Å². The molecule has 0 saturated heterocycles. The molecule has 0 radical (unpaired) electrons. The van der Waals surface area contributed by atoms with E-state index in [4.69, 9.17) is 0 Å². The van der Waals surface area contributed by atoms with Gasteiger partial charge >= 0.3 is 0 Å². The summed E-state index contributed by atoms with van der Waals surface area (Å²) in [6, 6.07) is 13.3. The number of nitrogens with zero attached hydrogens (tertiary/aromatic N) is 5. The molecule has 0 saturated carbocycles. The summed E-state index contributed by atoms with van der Waals surface area (Å²) < 4.78 is 3.81. The second-order valence-electron chi connectivity index (χ2n) is 6.13. The van der Waals surface area contributed by atoms with Gasteiger partial charge in [0.15, 0.2) is 0 Å². The Morgan fingerprint density at radius 1 is 1.08 bits per heavy atom. The lowest BCUT2D eigenvalue weighted by atomic mass is 10.2. The van der Waals surface area contributed by atoms with Crippen molar-refractivity contribution in [1.29, 1.82) is 0 Å². The Hall–Kier alpha value is -3.48. The molecule has 4 rings (SSSR count). The van der Waals surface area contributed by atoms with E-state index in [9.17, 15) is 4.79 Å². The lowest BCUT2D eigenvalue weighted by Gasteiger charge is -2.07. The highest BCUT2D eigenvalue weighted by atomic mass is 16.1. The van der Waals surface area contributed by atoms with Gasteiger partial charge in [-0.3, -0.25) is 9.36 Å². The van der Waals surface area contributed by atoms with Crippen molar-refractivity contribution in [3.63, 3.8) is 0 Å². The van der Waals surface area contributed by atoms with Crippen LogP contribution < -0.4 is 5.32 Å². The SMILES string of the molecule is Cc1cccc2nc(CNC(=O)c3ccc(-n4cnnc4)cc3)n(C)c12. The minimum atomic E-state index is -0.135. The Morgan fingerprint density at radius 3 is 2.50 bits per heavy atom. The van der Waals surface area contributed by atoms with Crippen molar-refractivity contribution in [3.05, 3.63) is 72.1 Å². The van der Waals surface area contributed by atoms with Gasteiger partial charge in [-0.05, 0) is 42.8 Å². The van der Waals surface area contributed by atoms with Crippen molar-refractivity contribution in [1.82, 2.24) is 29.6 Å². The molecule has 0 fully saturated rings. The number of nitrogens with one attached hydrogen (secondary N) is 1. The molecule has 0 spiro atoms. The van der Waals surface area contributed by atoms with Crippen LogP contribution in [0.25, 0.3) is 16.7 Å². The lowest BCUT2D eigenvalue weighted by molar-refractivity contribution is 0.0949. The molecular formula is C19H18N6O. The minimum absolute atomic E-state index is 0.135. The van der Waals surface area contributed by atoms with Crippen LogP contribution in [0.3, 0.4) is 0 Å². The van der Waals surface area contributed by atoms with Gasteiger partial charge in [0.1, 0.15) is 18.5 Å². The number of aryl methyl sites for hydroxylation is 2. The number of amides is 1. The zero-order valence-electron chi connectivity index (χ0n) is 14.5. The molecule has 0 aliphatic heterocycles. The molecule has 1 amide bonds. The van der Waals surface area contributed by atoms with E-state index < -0.39 is 0 Å². The van der Waals surface area contributed by atoms with E-state index in [1.54, 1.807) is 29.4 Å². The first-order chi connectivity index (χ1) is 12.6. The first kappa shape index (κ1) is 16.0. The van der Waals surface area contributed by atoms with Gasteiger partial charge in [0, 0.05) is 18.3 Å². The van der Waals surface area contributed by atoms with Crippen molar-refractivity contribution in [2.45, 2.75) is 13.5 Å². The highest BCUT2D eigenvalue weighted by Crippen LogP contribution is 2.18. The zero-order valence-corrected chi connectivity index (χ0v) is 14.5. The van der Waals surface area contributed by atoms with Crippen LogP contribution in [-0.4, -0.2) is 30.2 Å². The summed E-state index contributed by atoms with van der Waals surface area (Å²) in [6.07, 6.45) is 3.23. The number of benzene rings is 2. The summed E-state index contributed by atoms with van der Waals surface area (Å²) in [6.45, 7) is 2.43. The van der Waals surface area contributed by atoms with Gasteiger partial charge in [-0.15, -0.1) is 10.2 Å². The first-order valence-corrected chi connectivity index (χ1v) is 8.27. The topological polar surface area (TPSA) is 77.6 Å². The van der Waals surface area contributed by atoms with Crippen molar-refractivity contribution in [3.8, 4) is 5.69 Å². The molecule has 0 atom stereocenters. The van der Waals surface area contributed by atoms with Crippen molar-refractivity contribution >= 4 is 16.9 Å². The van der Waals surface area contributed by atoms with Gasteiger partial charge in [0.2, 0.25) is 0 Å². The minimum Gasteiger partial charge on any atom is -0.345 e. The number of aromatic nitrogens is 5. The fourth-order valence-electron chi connectivity index (χ4n) is 3.05. The maximum Gasteiger partial charge on any atom is 0.251 e. The summed E-state index contributed by atoms with van der Waals surface area (Å²) in [7, 11) is 1.97. The van der Waals surface area contributed by atoms with Crippen molar-refractivity contribution in [2.75, 3.05) is 0 Å². The third-order valence-corrected chi connectivity index (χ3v) is 4.44. The highest BCUT2D eigenvalue weighted by Gasteiger charge is 2.11. The van der Waals surface area contributed by atoms with Crippen molar-refractivity contribution in [2.24, 2.45) is 7.05 Å². The van der Waals surface area contributed by atoms with Gasteiger partial charge in [0.25, 0.3) is 5.91 Å². The molecule has 7 nitrogen and oxygen atoms in total. The molecule has 26 heavy (non-hydrogen) atoms. The van der Waals surface area contributed by atoms with E-state index in [0.717, 1.165) is 22.5 Å². The average molecular weight is 346 g/mol. The second-order valence-corrected chi connectivity index (χ2v) is 6.13. The fourth-order valence-corrected chi connectivity index (χ4v) is 3.05. The van der Waals surface area contributed by atoms with Crippen LogP contribution in [-0.2, 0) is 13.6 Å². The molecular weight excluding hydrogens is 328 g/mol. The summed E-state index contributed by atoms with van der Waals surface area (Å²) in [5, 5.41) is 10.5. The average Bonchev–Trinajstić information content (AvgIpc) is 3.29. The van der Waals surface area contributed by atoms with Crippen molar-refractivity contribution < 1.29 is 4.79 Å². The van der Waals surface area contributed by atoms with Crippen LogP contribution in [0.2, 0.25) is 0 Å². The lowest BCUT2D eigenvalue weighted by Crippen LogP contribution is -2.24. The van der Waals surface area contributed by atoms with Gasteiger partial charge in [-0.2, -0.15) is 0 Å². The predicted octanol–water partition coefficient (Wildman–Crippen LogP) is 2.39. The van der Waals surface area contributed by atoms with Gasteiger partial charge in [-0.1, -0.05) is 12.1 Å². The standard InChI is InChI=1S/C19H18N6O/c1-13-4-3-5-16-18(13)24(2)17(23-16)10-20-19(26)14-6-8-15(9-7-14)25-11-21-22-12-25/h3-9,11-12H,10H2,1-2H3,(H,20,26). The van der Waals surface area contributed by atoms with Gasteiger partial charge in [-0.25, -0.2) is 4.98 Å². The van der Waals surface area contributed by atoms with E-state index in [-0.39, 0.29) is 5.91 Å². The molecule has 0 unspecified atom stereocenters. The predicted molar refractivity (Wildman–Crippen MR) is 98.0 cm³/mol. The molecule has 2 heterocycles. The monoisotopic (exact) mass is 346 g/mol. The van der Waals surface area contributed by atoms with E-state index in [0.29, 0.717) is 12.1 Å². The van der Waals surface area contributed by atoms with E-state index in [1.807, 2.05) is 35.9 Å². The van der Waals surface area contributed by atoms with Crippen LogP contribution in [0.15, 0.2) is 55.1 Å². The number of hydrogen-bond donors (Lipinski definition) is 1. The third kappa shape index (κ3) is 2.83. The summed E-state index contributed by atoms with van der Waals surface area (Å²) in [4.78, 5) is 17.0. The largest absolute Gasteiger partial charge is 0.345 e. The maximum atomic E-state index is 12.4. The summed E-state index contributed by atoms with van der Waals surface area (Å²) in [5.41, 5.74) is 4.69. The normalized spacial score (nSPS) is 11.0. The Labute approximate surface area is 150 Å². The van der Waals surface area contributed by atoms with E-state index in [1.165, 1.54) is 5.56 Å². The number of hydrogen-bond acceptors (Lipinski definition) is 4. The van der Waals surface area contributed by atoms with Gasteiger partial charge < -0.3 is 9.88 Å². The third-order valence-electron chi connectivity index (χ3n) is 4.44. The molecule has 2 aromatic carbocycles. The Bertz CT molecular complexity index is 1060. The number of carbonyl (C=O) groups excluding carboxylic acids is 1. The van der Waals surface area contributed by atoms with Crippen LogP contribution in [0.4, 0.5) is 0 Å². The van der Waals surface area contributed by atoms with E-state index in [2.05, 4.69) is 33.5 Å². The smallest absolute Gasteiger partial charge is 0.251 e. The molecule has 4 aromatic rings. The zero-order chi connectivity index (χ0) is 18.1. The Kier molecular flexibility index (Phi) is 3.96. The molecule has 0 aliphatic rings. The second kappa shape index (κ2) is 6.44. The Morgan fingerprint density at radius 2 is 1.81 bits per heavy atom. The quantitative estimate of drug-likeness (QED) is 0.615. The number of para-hydroxylation sites is 1. The summed E-state index contributed by atoms with van der Waals surface area (Å²) in [5.74, 6) is 0.688. The number of rotatable bonds is 4. The molecule has 130 valence electrons. The molecule has 1 N–H and O–H groups in total. The van der Waals surface area contributed by atoms with Crippen LogP contribution in [0.1, 0.15) is 21.7 Å². The maximum absolute atomic E-state index is 12.4. The fraction of sp³-hybridized carbons (Fsp3) is 0.158. The molecule has 7 heteroatoms. The van der Waals surface area contributed by atoms with E-state index >= 15 is 0 Å². The number of carbonyl (C=O) groups is 1. The molecule has 0 aliphatic carbocycles. The molecule has 0 bridgehead atoms. The van der Waals surface area contributed by atoms with Crippen LogP contribution in [0, 0.1) is 6.92 Å². The number of imidazole rings is 1. The summed E-state index contributed by atoms with van der Waals surface area (Å²) >= 11 is 0. The van der Waals surface area contributed by atoms with Crippen LogP contribution >= 0.6 is 0 Å².